The lowest BCUT2D eigenvalue weighted by Crippen LogP contribution is -2.28. The van der Waals surface area contributed by atoms with E-state index in [1.165, 1.54) is 13.8 Å². The van der Waals surface area contributed by atoms with Gasteiger partial charge in [0, 0.05) is 12.1 Å². The van der Waals surface area contributed by atoms with Crippen molar-refractivity contribution in [2.24, 2.45) is 5.92 Å². The molecule has 1 atom stereocenters. The quantitative estimate of drug-likeness (QED) is 0.349. The summed E-state index contributed by atoms with van der Waals surface area (Å²) in [7, 11) is 0. The number of carbonyl (C=O) groups excluding carboxylic acids is 3. The molecule has 0 spiro atoms. The molecule has 0 aliphatic carbocycles. The first-order valence-corrected chi connectivity index (χ1v) is 7.29. The molecule has 2 N–H and O–H groups in total. The SMILES string of the molecule is CCOC(=O)C(C/C(C(=O)Nc1ccccc1)=C(/C)O)C(C)=O. The van der Waals surface area contributed by atoms with Crippen molar-refractivity contribution in [1.82, 2.24) is 0 Å². The number of carbonyl (C=O) groups is 3. The Labute approximate surface area is 135 Å². The Bertz CT molecular complexity index is 603. The minimum absolute atomic E-state index is 0.0258. The van der Waals surface area contributed by atoms with Crippen molar-refractivity contribution in [2.45, 2.75) is 27.2 Å². The summed E-state index contributed by atoms with van der Waals surface area (Å²) >= 11 is 0. The first-order valence-electron chi connectivity index (χ1n) is 7.29. The van der Waals surface area contributed by atoms with Crippen molar-refractivity contribution in [3.05, 3.63) is 41.7 Å². The Morgan fingerprint density at radius 2 is 1.78 bits per heavy atom. The maximum absolute atomic E-state index is 12.3. The van der Waals surface area contributed by atoms with Gasteiger partial charge in [0.15, 0.2) is 0 Å². The van der Waals surface area contributed by atoms with E-state index in [-0.39, 0.29) is 24.4 Å². The number of hydrogen-bond donors (Lipinski definition) is 2. The molecule has 0 aliphatic heterocycles. The zero-order valence-electron chi connectivity index (χ0n) is 13.5. The monoisotopic (exact) mass is 319 g/mol. The molecular formula is C17H21NO5. The molecule has 0 bridgehead atoms. The van der Waals surface area contributed by atoms with Crippen molar-refractivity contribution in [3.8, 4) is 0 Å². The lowest BCUT2D eigenvalue weighted by Gasteiger charge is -2.15. The molecule has 0 saturated heterocycles. The predicted octanol–water partition coefficient (Wildman–Crippen LogP) is 2.62. The third kappa shape index (κ3) is 5.58. The Hall–Kier alpha value is -2.63. The first-order chi connectivity index (χ1) is 10.9. The summed E-state index contributed by atoms with van der Waals surface area (Å²) in [5.41, 5.74) is 0.522. The number of ketones is 1. The van der Waals surface area contributed by atoms with E-state index < -0.39 is 23.6 Å². The number of aliphatic hydroxyl groups excluding tert-OH is 1. The van der Waals surface area contributed by atoms with Gasteiger partial charge in [-0.15, -0.1) is 0 Å². The summed E-state index contributed by atoms with van der Waals surface area (Å²) in [6.07, 6.45) is -0.213. The molecule has 124 valence electrons. The van der Waals surface area contributed by atoms with Crippen LogP contribution in [-0.2, 0) is 19.1 Å². The van der Waals surface area contributed by atoms with Crippen molar-refractivity contribution in [1.29, 1.82) is 0 Å². The van der Waals surface area contributed by atoms with Gasteiger partial charge < -0.3 is 15.2 Å². The highest BCUT2D eigenvalue weighted by Crippen LogP contribution is 2.19. The van der Waals surface area contributed by atoms with Gasteiger partial charge in [0.2, 0.25) is 0 Å². The minimum Gasteiger partial charge on any atom is -0.512 e. The molecule has 1 rings (SSSR count). The summed E-state index contributed by atoms with van der Waals surface area (Å²) in [5.74, 6) is -3.05. The molecule has 0 radical (unpaired) electrons. The first kappa shape index (κ1) is 18.4. The second-order valence-electron chi connectivity index (χ2n) is 5.00. The van der Waals surface area contributed by atoms with Gasteiger partial charge in [0.25, 0.3) is 5.91 Å². The van der Waals surface area contributed by atoms with E-state index in [1.807, 2.05) is 0 Å². The highest BCUT2D eigenvalue weighted by Gasteiger charge is 2.29. The molecule has 6 heteroatoms. The molecule has 23 heavy (non-hydrogen) atoms. The average molecular weight is 319 g/mol. The number of anilines is 1. The number of esters is 1. The Kier molecular flexibility index (Phi) is 6.99. The van der Waals surface area contributed by atoms with E-state index in [1.54, 1.807) is 37.3 Å². The van der Waals surface area contributed by atoms with Gasteiger partial charge in [0.05, 0.1) is 17.9 Å². The van der Waals surface area contributed by atoms with Gasteiger partial charge in [0.1, 0.15) is 11.7 Å². The maximum Gasteiger partial charge on any atom is 0.316 e. The van der Waals surface area contributed by atoms with E-state index in [2.05, 4.69) is 5.32 Å². The third-order valence-electron chi connectivity index (χ3n) is 3.21. The summed E-state index contributed by atoms with van der Waals surface area (Å²) in [6, 6.07) is 8.69. The fraction of sp³-hybridized carbons (Fsp3) is 0.353. The normalized spacial score (nSPS) is 12.8. The molecule has 1 aromatic carbocycles. The molecule has 1 amide bonds. The zero-order chi connectivity index (χ0) is 17.4. The molecule has 6 nitrogen and oxygen atoms in total. The highest BCUT2D eigenvalue weighted by molar-refractivity contribution is 6.06. The van der Waals surface area contributed by atoms with Crippen LogP contribution in [0, 0.1) is 5.92 Å². The fourth-order valence-electron chi connectivity index (χ4n) is 1.97. The van der Waals surface area contributed by atoms with E-state index >= 15 is 0 Å². The van der Waals surface area contributed by atoms with Gasteiger partial charge in [-0.1, -0.05) is 18.2 Å². The van der Waals surface area contributed by atoms with Gasteiger partial charge in [-0.25, -0.2) is 0 Å². The molecule has 0 heterocycles. The maximum atomic E-state index is 12.3. The number of nitrogens with one attached hydrogen (secondary N) is 1. The van der Waals surface area contributed by atoms with Crippen LogP contribution in [0.1, 0.15) is 27.2 Å². The van der Waals surface area contributed by atoms with Crippen LogP contribution in [0.3, 0.4) is 0 Å². The molecule has 0 fully saturated rings. The Balaban J connectivity index is 2.94. The topological polar surface area (TPSA) is 92.7 Å². The molecule has 0 aromatic heterocycles. The minimum atomic E-state index is -1.12. The Morgan fingerprint density at radius 3 is 2.26 bits per heavy atom. The van der Waals surface area contributed by atoms with Gasteiger partial charge >= 0.3 is 5.97 Å². The number of benzene rings is 1. The summed E-state index contributed by atoms with van der Waals surface area (Å²) in [4.78, 5) is 35.8. The molecule has 1 unspecified atom stereocenters. The van der Waals surface area contributed by atoms with Gasteiger partial charge in [-0.2, -0.15) is 0 Å². The lowest BCUT2D eigenvalue weighted by atomic mass is 9.94. The van der Waals surface area contributed by atoms with Crippen LogP contribution in [0.2, 0.25) is 0 Å². The molecule has 0 saturated carbocycles. The molecule has 0 aliphatic rings. The third-order valence-corrected chi connectivity index (χ3v) is 3.21. The van der Waals surface area contributed by atoms with Gasteiger partial charge in [-0.05, 0) is 32.9 Å². The Morgan fingerprint density at radius 1 is 1.17 bits per heavy atom. The summed E-state index contributed by atoms with van der Waals surface area (Å²) < 4.78 is 4.85. The van der Waals surface area contributed by atoms with Crippen molar-refractivity contribution in [3.63, 3.8) is 0 Å². The number of rotatable bonds is 7. The predicted molar refractivity (Wildman–Crippen MR) is 85.8 cm³/mol. The molecule has 1 aromatic rings. The lowest BCUT2D eigenvalue weighted by molar-refractivity contribution is -0.151. The van der Waals surface area contributed by atoms with Crippen LogP contribution in [-0.4, -0.2) is 29.4 Å². The number of allylic oxidation sites excluding steroid dienone is 1. The summed E-state index contributed by atoms with van der Waals surface area (Å²) in [5, 5.41) is 12.4. The van der Waals surface area contributed by atoms with Crippen LogP contribution < -0.4 is 5.32 Å². The molecular weight excluding hydrogens is 298 g/mol. The van der Waals surface area contributed by atoms with E-state index in [4.69, 9.17) is 4.74 Å². The second-order valence-corrected chi connectivity index (χ2v) is 5.00. The van der Waals surface area contributed by atoms with Crippen molar-refractivity contribution in [2.75, 3.05) is 11.9 Å². The number of Topliss-reactive ketones (excluding diaryl/α,β-unsaturated/α-hetero) is 1. The standard InChI is InChI=1S/C17H21NO5/c1-4-23-17(22)15(12(3)20)10-14(11(2)19)16(21)18-13-8-6-5-7-9-13/h5-9,15,19H,4,10H2,1-3H3,(H,18,21)/b14-11+. The van der Waals surface area contributed by atoms with E-state index in [0.29, 0.717) is 5.69 Å². The number of ether oxygens (including phenoxy) is 1. The van der Waals surface area contributed by atoms with Crippen LogP contribution in [0.15, 0.2) is 41.7 Å². The van der Waals surface area contributed by atoms with Crippen LogP contribution in [0.4, 0.5) is 5.69 Å². The van der Waals surface area contributed by atoms with Crippen molar-refractivity contribution < 1.29 is 24.2 Å². The average Bonchev–Trinajstić information content (AvgIpc) is 2.48. The highest BCUT2D eigenvalue weighted by atomic mass is 16.5. The summed E-state index contributed by atoms with van der Waals surface area (Å²) in [6.45, 7) is 4.35. The van der Waals surface area contributed by atoms with Gasteiger partial charge in [-0.3, -0.25) is 14.4 Å². The van der Waals surface area contributed by atoms with E-state index in [0.717, 1.165) is 0 Å². The number of para-hydroxylation sites is 1. The van der Waals surface area contributed by atoms with E-state index in [9.17, 15) is 19.5 Å². The van der Waals surface area contributed by atoms with Crippen molar-refractivity contribution >= 4 is 23.3 Å². The number of aliphatic hydroxyl groups is 1. The van der Waals surface area contributed by atoms with Crippen LogP contribution in [0.5, 0.6) is 0 Å². The smallest absolute Gasteiger partial charge is 0.316 e. The fourth-order valence-corrected chi connectivity index (χ4v) is 1.97. The second kappa shape index (κ2) is 8.73. The number of hydrogen-bond acceptors (Lipinski definition) is 5. The largest absolute Gasteiger partial charge is 0.512 e. The van der Waals surface area contributed by atoms with Crippen LogP contribution >= 0.6 is 0 Å². The zero-order valence-corrected chi connectivity index (χ0v) is 13.5. The number of amides is 1. The van der Waals surface area contributed by atoms with Crippen LogP contribution in [0.25, 0.3) is 0 Å².